The summed E-state index contributed by atoms with van der Waals surface area (Å²) in [5.41, 5.74) is 1.71. The number of halogens is 1. The number of benzene rings is 1. The van der Waals surface area contributed by atoms with Crippen LogP contribution in [0.3, 0.4) is 0 Å². The number of hydrogen-bond acceptors (Lipinski definition) is 5. The molecule has 0 saturated carbocycles. The topological polar surface area (TPSA) is 67.6 Å². The number of amides is 1. The van der Waals surface area contributed by atoms with E-state index in [-0.39, 0.29) is 11.6 Å². The van der Waals surface area contributed by atoms with E-state index >= 15 is 0 Å². The maximum atomic E-state index is 12.3. The second-order valence-electron chi connectivity index (χ2n) is 5.02. The Morgan fingerprint density at radius 1 is 1.36 bits per heavy atom. The summed E-state index contributed by atoms with van der Waals surface area (Å²) in [6.07, 6.45) is 0. The van der Waals surface area contributed by atoms with E-state index < -0.39 is 0 Å². The van der Waals surface area contributed by atoms with Gasteiger partial charge in [-0.25, -0.2) is 0 Å². The van der Waals surface area contributed by atoms with Gasteiger partial charge in [-0.2, -0.15) is 0 Å². The van der Waals surface area contributed by atoms with Crippen LogP contribution in [0.1, 0.15) is 16.1 Å². The highest BCUT2D eigenvalue weighted by Gasteiger charge is 2.19. The van der Waals surface area contributed by atoms with Gasteiger partial charge in [0.25, 0.3) is 5.91 Å². The molecule has 0 spiro atoms. The Bertz CT molecular complexity index is 680. The van der Waals surface area contributed by atoms with Crippen LogP contribution < -0.4 is 10.2 Å². The first-order valence-electron chi connectivity index (χ1n) is 7.01. The lowest BCUT2D eigenvalue weighted by atomic mass is 10.2. The quantitative estimate of drug-likeness (QED) is 0.941. The number of anilines is 2. The number of nitrogens with zero attached hydrogens (tertiary/aromatic N) is 2. The lowest BCUT2D eigenvalue weighted by molar-refractivity contribution is 0.101. The van der Waals surface area contributed by atoms with Crippen molar-refractivity contribution in [1.82, 2.24) is 5.16 Å². The van der Waals surface area contributed by atoms with Gasteiger partial charge in [0.2, 0.25) is 5.88 Å². The molecule has 0 radical (unpaired) electrons. The fourth-order valence-electron chi connectivity index (χ4n) is 2.23. The molecule has 0 aliphatic carbocycles. The Hall–Kier alpha value is -2.05. The number of ether oxygens (including phenoxy) is 1. The third-order valence-electron chi connectivity index (χ3n) is 3.57. The van der Waals surface area contributed by atoms with Gasteiger partial charge in [0.1, 0.15) is 0 Å². The summed E-state index contributed by atoms with van der Waals surface area (Å²) in [5.74, 6) is 0.255. The molecule has 6 nitrogen and oxygen atoms in total. The number of nitrogens with one attached hydrogen (secondary N) is 1. The smallest absolute Gasteiger partial charge is 0.277 e. The molecular weight excluding hydrogens is 306 g/mol. The third-order valence-corrected chi connectivity index (χ3v) is 3.98. The van der Waals surface area contributed by atoms with Crippen LogP contribution in [0.4, 0.5) is 11.6 Å². The van der Waals surface area contributed by atoms with Gasteiger partial charge in [0, 0.05) is 29.9 Å². The van der Waals surface area contributed by atoms with E-state index in [9.17, 15) is 4.79 Å². The van der Waals surface area contributed by atoms with Crippen molar-refractivity contribution in [2.24, 2.45) is 0 Å². The number of carbonyl (C=O) groups is 1. The van der Waals surface area contributed by atoms with E-state index in [0.717, 1.165) is 18.7 Å². The third kappa shape index (κ3) is 3.08. The maximum Gasteiger partial charge on any atom is 0.277 e. The van der Waals surface area contributed by atoms with Crippen LogP contribution in [0.5, 0.6) is 0 Å². The summed E-state index contributed by atoms with van der Waals surface area (Å²) >= 11 is 6.05. The van der Waals surface area contributed by atoms with E-state index in [1.54, 1.807) is 24.3 Å². The predicted molar refractivity (Wildman–Crippen MR) is 83.7 cm³/mol. The molecule has 0 bridgehead atoms. The molecule has 1 fully saturated rings. The van der Waals surface area contributed by atoms with Crippen molar-refractivity contribution in [3.8, 4) is 0 Å². The lowest BCUT2D eigenvalue weighted by Gasteiger charge is -2.25. The fourth-order valence-corrected chi connectivity index (χ4v) is 2.41. The standard InChI is InChI=1S/C15H16ClN3O3/c1-10-11(16)3-2-4-12(10)17-15(20)13-9-14(22-18-13)19-5-7-21-8-6-19/h2-4,9H,5-8H2,1H3,(H,17,20). The van der Waals surface area contributed by atoms with Crippen LogP contribution in [0, 0.1) is 6.92 Å². The normalized spacial score (nSPS) is 14.9. The largest absolute Gasteiger partial charge is 0.378 e. The monoisotopic (exact) mass is 321 g/mol. The zero-order valence-electron chi connectivity index (χ0n) is 12.1. The van der Waals surface area contributed by atoms with Gasteiger partial charge in [0.05, 0.1) is 13.2 Å². The van der Waals surface area contributed by atoms with Crippen LogP contribution in [0.2, 0.25) is 5.02 Å². The SMILES string of the molecule is Cc1c(Cl)cccc1NC(=O)c1cc(N2CCOCC2)on1. The second-order valence-corrected chi connectivity index (χ2v) is 5.42. The molecule has 1 amide bonds. The van der Waals surface area contributed by atoms with Gasteiger partial charge in [0.15, 0.2) is 5.69 Å². The first-order valence-corrected chi connectivity index (χ1v) is 7.39. The molecule has 22 heavy (non-hydrogen) atoms. The zero-order chi connectivity index (χ0) is 15.5. The number of rotatable bonds is 3. The summed E-state index contributed by atoms with van der Waals surface area (Å²) in [6, 6.07) is 6.99. The number of hydrogen-bond donors (Lipinski definition) is 1. The van der Waals surface area contributed by atoms with Crippen LogP contribution in [0.15, 0.2) is 28.8 Å². The van der Waals surface area contributed by atoms with E-state index in [2.05, 4.69) is 10.5 Å². The Labute approximate surface area is 133 Å². The predicted octanol–water partition coefficient (Wildman–Crippen LogP) is 2.73. The number of carbonyl (C=O) groups excluding carboxylic acids is 1. The minimum atomic E-state index is -0.325. The Morgan fingerprint density at radius 2 is 2.14 bits per heavy atom. The minimum absolute atomic E-state index is 0.237. The van der Waals surface area contributed by atoms with E-state index in [1.165, 1.54) is 0 Å². The molecule has 2 aromatic rings. The van der Waals surface area contributed by atoms with Crippen LogP contribution in [0.25, 0.3) is 0 Å². The van der Waals surface area contributed by atoms with Crippen molar-refractivity contribution in [1.29, 1.82) is 0 Å². The van der Waals surface area contributed by atoms with E-state index in [1.807, 2.05) is 11.8 Å². The second kappa shape index (κ2) is 6.37. The average molecular weight is 322 g/mol. The molecule has 1 aliphatic heterocycles. The van der Waals surface area contributed by atoms with Crippen LogP contribution in [-0.4, -0.2) is 37.4 Å². The van der Waals surface area contributed by atoms with Crippen molar-refractivity contribution >= 4 is 29.1 Å². The molecule has 0 unspecified atom stereocenters. The molecule has 0 atom stereocenters. The molecule has 116 valence electrons. The molecule has 1 N–H and O–H groups in total. The highest BCUT2D eigenvalue weighted by atomic mass is 35.5. The van der Waals surface area contributed by atoms with Gasteiger partial charge in [-0.05, 0) is 24.6 Å². The van der Waals surface area contributed by atoms with E-state index in [0.29, 0.717) is 29.8 Å². The summed E-state index contributed by atoms with van der Waals surface area (Å²) in [4.78, 5) is 14.3. The summed E-state index contributed by atoms with van der Waals surface area (Å²) in [7, 11) is 0. The van der Waals surface area contributed by atoms with Crippen molar-refractivity contribution in [3.63, 3.8) is 0 Å². The van der Waals surface area contributed by atoms with Gasteiger partial charge < -0.3 is 19.5 Å². The van der Waals surface area contributed by atoms with Gasteiger partial charge in [-0.1, -0.05) is 22.8 Å². The number of aromatic nitrogens is 1. The van der Waals surface area contributed by atoms with Crippen LogP contribution in [-0.2, 0) is 4.74 Å². The summed E-state index contributed by atoms with van der Waals surface area (Å²) in [5, 5.41) is 7.24. The van der Waals surface area contributed by atoms with Crippen molar-refractivity contribution in [3.05, 3.63) is 40.5 Å². The lowest BCUT2D eigenvalue weighted by Crippen LogP contribution is -2.35. The van der Waals surface area contributed by atoms with Crippen LogP contribution >= 0.6 is 11.6 Å². The molecule has 1 saturated heterocycles. The van der Waals surface area contributed by atoms with Crippen molar-refractivity contribution in [2.75, 3.05) is 36.5 Å². The summed E-state index contributed by atoms with van der Waals surface area (Å²) in [6.45, 7) is 4.58. The molecule has 1 aromatic heterocycles. The van der Waals surface area contributed by atoms with Gasteiger partial charge in [-0.15, -0.1) is 0 Å². The Kier molecular flexibility index (Phi) is 4.31. The highest BCUT2D eigenvalue weighted by molar-refractivity contribution is 6.31. The van der Waals surface area contributed by atoms with Crippen molar-refractivity contribution in [2.45, 2.75) is 6.92 Å². The molecule has 2 heterocycles. The first-order chi connectivity index (χ1) is 10.6. The average Bonchev–Trinajstić information content (AvgIpc) is 3.03. The Balaban J connectivity index is 1.72. The fraction of sp³-hybridized carbons (Fsp3) is 0.333. The molecular formula is C15H16ClN3O3. The molecule has 7 heteroatoms. The minimum Gasteiger partial charge on any atom is -0.378 e. The summed E-state index contributed by atoms with van der Waals surface area (Å²) < 4.78 is 10.5. The number of morpholine rings is 1. The van der Waals surface area contributed by atoms with Gasteiger partial charge >= 0.3 is 0 Å². The molecule has 3 rings (SSSR count). The molecule has 1 aliphatic rings. The molecule has 1 aromatic carbocycles. The van der Waals surface area contributed by atoms with Gasteiger partial charge in [-0.3, -0.25) is 4.79 Å². The highest BCUT2D eigenvalue weighted by Crippen LogP contribution is 2.24. The maximum absolute atomic E-state index is 12.3. The van der Waals surface area contributed by atoms with E-state index in [4.69, 9.17) is 20.9 Å². The Morgan fingerprint density at radius 3 is 2.91 bits per heavy atom. The first kappa shape index (κ1) is 14.9. The van der Waals surface area contributed by atoms with Crippen molar-refractivity contribution < 1.29 is 14.1 Å². The zero-order valence-corrected chi connectivity index (χ0v) is 12.9.